The van der Waals surface area contributed by atoms with Crippen LogP contribution in [0.15, 0.2) is 12.2 Å². The van der Waals surface area contributed by atoms with Gasteiger partial charge in [-0.3, -0.25) is 16.2 Å². The molecule has 1 saturated heterocycles. The molecule has 3 nitrogen and oxygen atoms in total. The summed E-state index contributed by atoms with van der Waals surface area (Å²) in [6, 6.07) is 0.167. The van der Waals surface area contributed by atoms with Crippen LogP contribution >= 0.6 is 0 Å². The van der Waals surface area contributed by atoms with Gasteiger partial charge in [0.05, 0.1) is 6.04 Å². The van der Waals surface area contributed by atoms with Crippen LogP contribution in [0.1, 0.15) is 33.6 Å². The van der Waals surface area contributed by atoms with E-state index >= 15 is 0 Å². The molecule has 0 saturated carbocycles. The zero-order chi connectivity index (χ0) is 10.8. The maximum absolute atomic E-state index is 5.59. The Balaban J connectivity index is 2.74. The van der Waals surface area contributed by atoms with Crippen molar-refractivity contribution in [3.05, 3.63) is 12.2 Å². The predicted molar refractivity (Wildman–Crippen MR) is 60.8 cm³/mol. The van der Waals surface area contributed by atoms with Gasteiger partial charge in [0.15, 0.2) is 0 Å². The summed E-state index contributed by atoms with van der Waals surface area (Å²) in [7, 11) is 0. The van der Waals surface area contributed by atoms with E-state index in [9.17, 15) is 0 Å². The Morgan fingerprint density at radius 3 is 2.29 bits per heavy atom. The van der Waals surface area contributed by atoms with Crippen LogP contribution in [0.4, 0.5) is 0 Å². The number of nitrogens with two attached hydrogens (primary N) is 1. The first-order chi connectivity index (χ1) is 6.50. The van der Waals surface area contributed by atoms with Crippen molar-refractivity contribution in [2.45, 2.75) is 45.2 Å². The minimum absolute atomic E-state index is 0.0666. The Kier molecular flexibility index (Phi) is 3.70. The average molecular weight is 197 g/mol. The molecule has 0 bridgehead atoms. The Morgan fingerprint density at radius 2 is 1.93 bits per heavy atom. The second-order valence-corrected chi connectivity index (χ2v) is 4.79. The van der Waals surface area contributed by atoms with Gasteiger partial charge in [-0.05, 0) is 46.7 Å². The lowest BCUT2D eigenvalue weighted by Crippen LogP contribution is -2.59. The Morgan fingerprint density at radius 1 is 1.43 bits per heavy atom. The highest BCUT2D eigenvalue weighted by Crippen LogP contribution is 2.26. The van der Waals surface area contributed by atoms with Gasteiger partial charge in [0.1, 0.15) is 0 Å². The van der Waals surface area contributed by atoms with E-state index in [1.54, 1.807) is 0 Å². The first-order valence-corrected chi connectivity index (χ1v) is 5.36. The van der Waals surface area contributed by atoms with Gasteiger partial charge in [-0.1, -0.05) is 12.2 Å². The van der Waals surface area contributed by atoms with Crippen LogP contribution in [0.25, 0.3) is 0 Å². The van der Waals surface area contributed by atoms with Crippen molar-refractivity contribution in [2.24, 2.45) is 5.84 Å². The number of rotatable bonds is 4. The predicted octanol–water partition coefficient (Wildman–Crippen LogP) is 1.27. The summed E-state index contributed by atoms with van der Waals surface area (Å²) < 4.78 is 0. The Bertz CT molecular complexity index is 205. The van der Waals surface area contributed by atoms with E-state index in [0.29, 0.717) is 0 Å². The smallest absolute Gasteiger partial charge is 0.0593 e. The molecule has 0 aromatic carbocycles. The van der Waals surface area contributed by atoms with E-state index in [1.165, 1.54) is 25.9 Å². The lowest BCUT2D eigenvalue weighted by atomic mass is 9.88. The van der Waals surface area contributed by atoms with Crippen LogP contribution in [0.3, 0.4) is 0 Å². The van der Waals surface area contributed by atoms with E-state index in [4.69, 9.17) is 5.84 Å². The Labute approximate surface area is 87.3 Å². The van der Waals surface area contributed by atoms with Crippen molar-refractivity contribution in [3.63, 3.8) is 0 Å². The summed E-state index contributed by atoms with van der Waals surface area (Å²) in [6.07, 6.45) is 2.60. The van der Waals surface area contributed by atoms with Gasteiger partial charge in [0, 0.05) is 5.54 Å². The molecule has 1 heterocycles. The molecular weight excluding hydrogens is 174 g/mol. The average Bonchev–Trinajstić information content (AvgIpc) is 2.55. The summed E-state index contributed by atoms with van der Waals surface area (Å²) in [4.78, 5) is 2.49. The molecule has 14 heavy (non-hydrogen) atoms. The second-order valence-electron chi connectivity index (χ2n) is 4.79. The van der Waals surface area contributed by atoms with Crippen LogP contribution in [-0.2, 0) is 0 Å². The molecular formula is C11H23N3. The van der Waals surface area contributed by atoms with Crippen LogP contribution in [0, 0.1) is 0 Å². The van der Waals surface area contributed by atoms with Gasteiger partial charge in [-0.15, -0.1) is 0 Å². The van der Waals surface area contributed by atoms with Gasteiger partial charge >= 0.3 is 0 Å². The van der Waals surface area contributed by atoms with Crippen LogP contribution in [-0.4, -0.2) is 29.6 Å². The van der Waals surface area contributed by atoms with Crippen molar-refractivity contribution in [3.8, 4) is 0 Å². The minimum atomic E-state index is 0.0666. The highest BCUT2D eigenvalue weighted by atomic mass is 15.3. The van der Waals surface area contributed by atoms with E-state index in [0.717, 1.165) is 5.57 Å². The fraction of sp³-hybridized carbons (Fsp3) is 0.818. The SMILES string of the molecule is C=C(C)C(NN)C(C)(C)N1CCCC1. The van der Waals surface area contributed by atoms with E-state index in [1.807, 2.05) is 6.92 Å². The third kappa shape index (κ3) is 2.16. The zero-order valence-electron chi connectivity index (χ0n) is 9.64. The maximum atomic E-state index is 5.59. The number of nitrogens with zero attached hydrogens (tertiary/aromatic N) is 1. The molecule has 0 radical (unpaired) electrons. The third-order valence-corrected chi connectivity index (χ3v) is 3.29. The van der Waals surface area contributed by atoms with Gasteiger partial charge in [0.2, 0.25) is 0 Å². The van der Waals surface area contributed by atoms with E-state index in [-0.39, 0.29) is 11.6 Å². The van der Waals surface area contributed by atoms with Crippen molar-refractivity contribution in [1.82, 2.24) is 10.3 Å². The first kappa shape index (κ1) is 11.7. The van der Waals surface area contributed by atoms with Crippen molar-refractivity contribution < 1.29 is 0 Å². The molecule has 82 valence electrons. The van der Waals surface area contributed by atoms with Gasteiger partial charge in [-0.2, -0.15) is 0 Å². The molecule has 0 aromatic rings. The molecule has 1 unspecified atom stereocenters. The summed E-state index contributed by atoms with van der Waals surface area (Å²) in [5.41, 5.74) is 4.05. The normalized spacial score (nSPS) is 21.1. The topological polar surface area (TPSA) is 41.3 Å². The maximum Gasteiger partial charge on any atom is 0.0593 e. The minimum Gasteiger partial charge on any atom is -0.296 e. The van der Waals surface area contributed by atoms with Gasteiger partial charge < -0.3 is 0 Å². The zero-order valence-corrected chi connectivity index (χ0v) is 9.64. The number of hydrazine groups is 1. The fourth-order valence-corrected chi connectivity index (χ4v) is 2.43. The summed E-state index contributed by atoms with van der Waals surface area (Å²) in [5, 5.41) is 0. The first-order valence-electron chi connectivity index (χ1n) is 5.36. The summed E-state index contributed by atoms with van der Waals surface area (Å²) in [5.74, 6) is 5.59. The van der Waals surface area contributed by atoms with Crippen molar-refractivity contribution in [2.75, 3.05) is 13.1 Å². The van der Waals surface area contributed by atoms with Crippen LogP contribution < -0.4 is 11.3 Å². The quantitative estimate of drug-likeness (QED) is 0.405. The highest BCUT2D eigenvalue weighted by Gasteiger charge is 2.36. The molecule has 0 aromatic heterocycles. The number of likely N-dealkylation sites (tertiary alicyclic amines) is 1. The molecule has 1 rings (SSSR count). The molecule has 0 aliphatic carbocycles. The molecule has 0 amide bonds. The van der Waals surface area contributed by atoms with Crippen molar-refractivity contribution in [1.29, 1.82) is 0 Å². The summed E-state index contributed by atoms with van der Waals surface area (Å²) in [6.45, 7) is 12.9. The number of hydrogen-bond acceptors (Lipinski definition) is 3. The van der Waals surface area contributed by atoms with Crippen LogP contribution in [0.2, 0.25) is 0 Å². The van der Waals surface area contributed by atoms with Crippen LogP contribution in [0.5, 0.6) is 0 Å². The van der Waals surface area contributed by atoms with E-state index < -0.39 is 0 Å². The molecule has 1 fully saturated rings. The highest BCUT2D eigenvalue weighted by molar-refractivity contribution is 5.12. The molecule has 3 heteroatoms. The number of nitrogens with one attached hydrogen (secondary N) is 1. The van der Waals surface area contributed by atoms with Crippen molar-refractivity contribution >= 4 is 0 Å². The lowest BCUT2D eigenvalue weighted by Gasteiger charge is -2.42. The molecule has 1 aliphatic heterocycles. The molecule has 3 N–H and O–H groups in total. The lowest BCUT2D eigenvalue weighted by molar-refractivity contribution is 0.121. The largest absolute Gasteiger partial charge is 0.296 e. The molecule has 1 aliphatic rings. The molecule has 0 spiro atoms. The van der Waals surface area contributed by atoms with Gasteiger partial charge in [-0.25, -0.2) is 0 Å². The monoisotopic (exact) mass is 197 g/mol. The molecule has 1 atom stereocenters. The van der Waals surface area contributed by atoms with Gasteiger partial charge in [0.25, 0.3) is 0 Å². The van der Waals surface area contributed by atoms with E-state index in [2.05, 4.69) is 30.8 Å². The Hall–Kier alpha value is -0.380. The standard InChI is InChI=1S/C11H23N3/c1-9(2)10(13-12)11(3,4)14-7-5-6-8-14/h10,13H,1,5-8,12H2,2-4H3. The fourth-order valence-electron chi connectivity index (χ4n) is 2.43. The number of hydrogen-bond donors (Lipinski definition) is 2. The third-order valence-electron chi connectivity index (χ3n) is 3.29. The second kappa shape index (κ2) is 4.43. The summed E-state index contributed by atoms with van der Waals surface area (Å²) >= 11 is 0.